The predicted molar refractivity (Wildman–Crippen MR) is 120 cm³/mol. The lowest BCUT2D eigenvalue weighted by molar-refractivity contribution is 0.0205. The van der Waals surface area contributed by atoms with Crippen molar-refractivity contribution in [2.75, 3.05) is 40.9 Å². The zero-order chi connectivity index (χ0) is 19.6. The first kappa shape index (κ1) is 25.4. The third-order valence-corrected chi connectivity index (χ3v) is 3.98. The van der Waals surface area contributed by atoms with Crippen molar-refractivity contribution in [1.82, 2.24) is 16.0 Å². The van der Waals surface area contributed by atoms with E-state index >= 15 is 0 Å². The number of guanidine groups is 1. The molecule has 0 aliphatic heterocycles. The number of carbonyl (C=O) groups excluding carboxylic acids is 1. The Morgan fingerprint density at radius 3 is 2.15 bits per heavy atom. The number of amides is 1. The first-order valence-corrected chi connectivity index (χ1v) is 8.71. The van der Waals surface area contributed by atoms with Gasteiger partial charge in [-0.3, -0.25) is 9.79 Å². The van der Waals surface area contributed by atoms with Gasteiger partial charge in [0.05, 0.1) is 13.2 Å². The molecule has 0 heterocycles. The summed E-state index contributed by atoms with van der Waals surface area (Å²) < 4.78 is 10.6. The second-order valence-electron chi connectivity index (χ2n) is 6.95. The SMILES string of the molecule is CN=C(NCCNC(=O)c1ccc(OC)cc1)NCC(OC)C(C)(C)C.I. The van der Waals surface area contributed by atoms with Gasteiger partial charge in [0.2, 0.25) is 0 Å². The monoisotopic (exact) mass is 492 g/mol. The van der Waals surface area contributed by atoms with Crippen molar-refractivity contribution in [3.63, 3.8) is 0 Å². The Hall–Kier alpha value is -1.55. The molecule has 1 aromatic carbocycles. The summed E-state index contributed by atoms with van der Waals surface area (Å²) in [5.41, 5.74) is 0.633. The van der Waals surface area contributed by atoms with Crippen LogP contribution in [0, 0.1) is 5.41 Å². The summed E-state index contributed by atoms with van der Waals surface area (Å²) in [6, 6.07) is 7.00. The molecule has 0 spiro atoms. The lowest BCUT2D eigenvalue weighted by Gasteiger charge is -2.30. The van der Waals surface area contributed by atoms with Crippen molar-refractivity contribution < 1.29 is 14.3 Å². The molecule has 0 aliphatic carbocycles. The van der Waals surface area contributed by atoms with Gasteiger partial charge in [-0.15, -0.1) is 24.0 Å². The molecule has 1 rings (SSSR count). The highest BCUT2D eigenvalue weighted by Gasteiger charge is 2.24. The molecule has 27 heavy (non-hydrogen) atoms. The summed E-state index contributed by atoms with van der Waals surface area (Å²) in [7, 11) is 5.02. The second kappa shape index (κ2) is 12.8. The van der Waals surface area contributed by atoms with Crippen molar-refractivity contribution in [1.29, 1.82) is 0 Å². The first-order chi connectivity index (χ1) is 12.3. The zero-order valence-electron chi connectivity index (χ0n) is 17.1. The molecule has 0 saturated heterocycles. The van der Waals surface area contributed by atoms with E-state index in [1.165, 1.54) is 0 Å². The van der Waals surface area contributed by atoms with Crippen molar-refractivity contribution >= 4 is 35.8 Å². The van der Waals surface area contributed by atoms with E-state index in [4.69, 9.17) is 9.47 Å². The quantitative estimate of drug-likeness (QED) is 0.225. The summed E-state index contributed by atoms with van der Waals surface area (Å²) in [4.78, 5) is 16.3. The topological polar surface area (TPSA) is 84.0 Å². The number of carbonyl (C=O) groups is 1. The summed E-state index contributed by atoms with van der Waals surface area (Å²) in [5, 5.41) is 9.29. The fourth-order valence-corrected chi connectivity index (χ4v) is 2.35. The highest BCUT2D eigenvalue weighted by atomic mass is 127. The molecule has 1 unspecified atom stereocenters. The number of halogens is 1. The molecule has 0 aliphatic rings. The molecule has 7 nitrogen and oxygen atoms in total. The van der Waals surface area contributed by atoms with Crippen molar-refractivity contribution in [2.24, 2.45) is 10.4 Å². The number of methoxy groups -OCH3 is 2. The van der Waals surface area contributed by atoms with Crippen LogP contribution in [0.3, 0.4) is 0 Å². The number of rotatable bonds is 8. The molecular weight excluding hydrogens is 459 g/mol. The number of hydrogen-bond acceptors (Lipinski definition) is 4. The van der Waals surface area contributed by atoms with E-state index in [-0.39, 0.29) is 41.4 Å². The molecule has 0 saturated carbocycles. The van der Waals surface area contributed by atoms with E-state index in [0.717, 1.165) is 5.75 Å². The maximum Gasteiger partial charge on any atom is 0.251 e. The molecule has 3 N–H and O–H groups in total. The molecule has 154 valence electrons. The van der Waals surface area contributed by atoms with E-state index < -0.39 is 0 Å². The van der Waals surface area contributed by atoms with Gasteiger partial charge in [0.25, 0.3) is 5.91 Å². The van der Waals surface area contributed by atoms with Gasteiger partial charge in [-0.25, -0.2) is 0 Å². The lowest BCUT2D eigenvalue weighted by atomic mass is 9.89. The summed E-state index contributed by atoms with van der Waals surface area (Å²) >= 11 is 0. The number of ether oxygens (including phenoxy) is 2. The largest absolute Gasteiger partial charge is 0.497 e. The fraction of sp³-hybridized carbons (Fsp3) is 0.579. The van der Waals surface area contributed by atoms with Crippen molar-refractivity contribution in [3.8, 4) is 5.75 Å². The van der Waals surface area contributed by atoms with E-state index in [1.54, 1.807) is 45.5 Å². The molecule has 1 amide bonds. The number of hydrogen-bond donors (Lipinski definition) is 3. The third kappa shape index (κ3) is 9.28. The summed E-state index contributed by atoms with van der Waals surface area (Å²) in [6.07, 6.45) is 0.0656. The third-order valence-electron chi connectivity index (χ3n) is 3.98. The molecule has 8 heteroatoms. The average molecular weight is 492 g/mol. The molecular formula is C19H33IN4O3. The van der Waals surface area contributed by atoms with Crippen LogP contribution in [0.25, 0.3) is 0 Å². The number of nitrogens with zero attached hydrogens (tertiary/aromatic N) is 1. The van der Waals surface area contributed by atoms with Crippen LogP contribution in [0.5, 0.6) is 5.75 Å². The van der Waals surface area contributed by atoms with Crippen LogP contribution in [0.2, 0.25) is 0 Å². The Morgan fingerprint density at radius 2 is 1.67 bits per heavy atom. The molecule has 0 radical (unpaired) electrons. The summed E-state index contributed by atoms with van der Waals surface area (Å²) in [6.45, 7) is 8.10. The van der Waals surface area contributed by atoms with Gasteiger partial charge in [0.15, 0.2) is 5.96 Å². The van der Waals surface area contributed by atoms with Gasteiger partial charge >= 0.3 is 0 Å². The highest BCUT2D eigenvalue weighted by molar-refractivity contribution is 14.0. The number of nitrogens with one attached hydrogen (secondary N) is 3. The molecule has 0 fully saturated rings. The Morgan fingerprint density at radius 1 is 1.07 bits per heavy atom. The average Bonchev–Trinajstić information content (AvgIpc) is 2.62. The number of aliphatic imine (C=N–C) groups is 1. The lowest BCUT2D eigenvalue weighted by Crippen LogP contribution is -2.46. The van der Waals surface area contributed by atoms with Gasteiger partial charge in [-0.2, -0.15) is 0 Å². The van der Waals surface area contributed by atoms with Crippen LogP contribution in [0.4, 0.5) is 0 Å². The highest BCUT2D eigenvalue weighted by Crippen LogP contribution is 2.20. The van der Waals surface area contributed by atoms with Crippen LogP contribution in [0.15, 0.2) is 29.3 Å². The maximum atomic E-state index is 12.1. The van der Waals surface area contributed by atoms with Crippen LogP contribution in [-0.4, -0.2) is 58.9 Å². The number of benzene rings is 1. The van der Waals surface area contributed by atoms with Gasteiger partial charge in [-0.1, -0.05) is 20.8 Å². The standard InChI is InChI=1S/C19H32N4O3.HI/c1-19(2,3)16(26-6)13-23-18(20-4)22-12-11-21-17(24)14-7-9-15(25-5)10-8-14;/h7-10,16H,11-13H2,1-6H3,(H,21,24)(H2,20,22,23);1H. The molecule has 0 bridgehead atoms. The van der Waals surface area contributed by atoms with Crippen molar-refractivity contribution in [2.45, 2.75) is 26.9 Å². The summed E-state index contributed by atoms with van der Waals surface area (Å²) in [5.74, 6) is 1.28. The van der Waals surface area contributed by atoms with E-state index in [9.17, 15) is 4.79 Å². The fourth-order valence-electron chi connectivity index (χ4n) is 2.35. The maximum absolute atomic E-state index is 12.1. The van der Waals surface area contributed by atoms with Crippen LogP contribution in [-0.2, 0) is 4.74 Å². The Bertz CT molecular complexity index is 586. The molecule has 1 atom stereocenters. The molecule has 1 aromatic rings. The van der Waals surface area contributed by atoms with Crippen molar-refractivity contribution in [3.05, 3.63) is 29.8 Å². The van der Waals surface area contributed by atoms with Crippen LogP contribution in [0.1, 0.15) is 31.1 Å². The van der Waals surface area contributed by atoms with Gasteiger partial charge in [0, 0.05) is 39.4 Å². The Labute approximate surface area is 179 Å². The van der Waals surface area contributed by atoms with E-state index in [1.807, 2.05) is 0 Å². The minimum Gasteiger partial charge on any atom is -0.497 e. The van der Waals surface area contributed by atoms with Gasteiger partial charge in [-0.05, 0) is 29.7 Å². The van der Waals surface area contributed by atoms with Gasteiger partial charge in [0.1, 0.15) is 5.75 Å². The van der Waals surface area contributed by atoms with Crippen LogP contribution < -0.4 is 20.7 Å². The normalized spacial score (nSPS) is 12.6. The predicted octanol–water partition coefficient (Wildman–Crippen LogP) is 2.27. The Kier molecular flexibility index (Phi) is 12.0. The first-order valence-electron chi connectivity index (χ1n) is 8.71. The van der Waals surface area contributed by atoms with E-state index in [0.29, 0.717) is 31.2 Å². The van der Waals surface area contributed by atoms with E-state index in [2.05, 4.69) is 41.7 Å². The zero-order valence-corrected chi connectivity index (χ0v) is 19.4. The second-order valence-corrected chi connectivity index (χ2v) is 6.95. The minimum atomic E-state index is -0.121. The van der Waals surface area contributed by atoms with Gasteiger partial charge < -0.3 is 25.4 Å². The Balaban J connectivity index is 0.00000676. The smallest absolute Gasteiger partial charge is 0.251 e. The van der Waals surface area contributed by atoms with Crippen LogP contribution >= 0.6 is 24.0 Å². The minimum absolute atomic E-state index is 0. The molecule has 0 aromatic heterocycles.